The Labute approximate surface area is 166 Å². The zero-order valence-electron chi connectivity index (χ0n) is 16.2. The van der Waals surface area contributed by atoms with Crippen LogP contribution in [0.3, 0.4) is 0 Å². The van der Waals surface area contributed by atoms with Crippen molar-refractivity contribution in [3.05, 3.63) is 59.1 Å². The molecule has 144 valence electrons. The SMILES string of the molecule is CC1Cc2ccccc2N1CCCNC(=O)C(C)(C)Oc1ccc(Cl)cc1. The van der Waals surface area contributed by atoms with Gasteiger partial charge in [0.05, 0.1) is 0 Å². The number of anilines is 1. The second-order valence-electron chi connectivity index (χ2n) is 7.55. The maximum Gasteiger partial charge on any atom is 0.263 e. The lowest BCUT2D eigenvalue weighted by molar-refractivity contribution is -0.134. The van der Waals surface area contributed by atoms with E-state index in [0.29, 0.717) is 23.4 Å². The zero-order valence-corrected chi connectivity index (χ0v) is 16.9. The van der Waals surface area contributed by atoms with Gasteiger partial charge in [0.25, 0.3) is 5.91 Å². The number of nitrogens with one attached hydrogen (secondary N) is 1. The van der Waals surface area contributed by atoms with Crippen molar-refractivity contribution in [1.82, 2.24) is 5.32 Å². The Morgan fingerprint density at radius 1 is 1.22 bits per heavy atom. The lowest BCUT2D eigenvalue weighted by Crippen LogP contribution is -2.47. The van der Waals surface area contributed by atoms with Crippen molar-refractivity contribution in [2.24, 2.45) is 0 Å². The Bertz CT molecular complexity index is 789. The molecule has 2 aromatic carbocycles. The van der Waals surface area contributed by atoms with Gasteiger partial charge in [-0.1, -0.05) is 29.8 Å². The number of ether oxygens (including phenoxy) is 1. The van der Waals surface area contributed by atoms with Crippen LogP contribution in [-0.2, 0) is 11.2 Å². The van der Waals surface area contributed by atoms with Gasteiger partial charge in [0.15, 0.2) is 5.60 Å². The molecule has 27 heavy (non-hydrogen) atoms. The third-order valence-corrected chi connectivity index (χ3v) is 5.20. The van der Waals surface area contributed by atoms with E-state index in [0.717, 1.165) is 19.4 Å². The number of amides is 1. The molecule has 0 aliphatic carbocycles. The number of halogens is 1. The monoisotopic (exact) mass is 386 g/mol. The highest BCUT2D eigenvalue weighted by Crippen LogP contribution is 2.31. The Morgan fingerprint density at radius 3 is 2.67 bits per heavy atom. The van der Waals surface area contributed by atoms with Crippen LogP contribution in [0.25, 0.3) is 0 Å². The van der Waals surface area contributed by atoms with Gasteiger partial charge in [0, 0.05) is 29.8 Å². The topological polar surface area (TPSA) is 41.6 Å². The summed E-state index contributed by atoms with van der Waals surface area (Å²) in [5, 5.41) is 3.64. The second-order valence-corrected chi connectivity index (χ2v) is 7.99. The van der Waals surface area contributed by atoms with E-state index >= 15 is 0 Å². The van der Waals surface area contributed by atoms with Crippen LogP contribution < -0.4 is 15.0 Å². The van der Waals surface area contributed by atoms with Crippen LogP contribution in [0.4, 0.5) is 5.69 Å². The van der Waals surface area contributed by atoms with Crippen molar-refractivity contribution >= 4 is 23.2 Å². The summed E-state index contributed by atoms with van der Waals surface area (Å²) in [5.41, 5.74) is 1.79. The molecule has 0 fully saturated rings. The molecule has 0 spiro atoms. The molecule has 0 bridgehead atoms. The summed E-state index contributed by atoms with van der Waals surface area (Å²) in [6, 6.07) is 16.1. The molecule has 1 aliphatic rings. The molecule has 3 rings (SSSR count). The molecule has 0 radical (unpaired) electrons. The standard InChI is InChI=1S/C22H27ClN2O2/c1-16-15-17-7-4-5-8-20(17)25(16)14-6-13-24-21(26)22(2,3)27-19-11-9-18(23)10-12-19/h4-5,7-12,16H,6,13-15H2,1-3H3,(H,24,26). The maximum atomic E-state index is 12.5. The summed E-state index contributed by atoms with van der Waals surface area (Å²) >= 11 is 5.89. The number of carbonyl (C=O) groups is 1. The number of benzene rings is 2. The van der Waals surface area contributed by atoms with E-state index < -0.39 is 5.60 Å². The molecule has 1 N–H and O–H groups in total. The van der Waals surface area contributed by atoms with E-state index in [-0.39, 0.29) is 5.91 Å². The first kappa shape index (κ1) is 19.6. The number of hydrogen-bond acceptors (Lipinski definition) is 3. The third-order valence-electron chi connectivity index (χ3n) is 4.94. The van der Waals surface area contributed by atoms with Gasteiger partial charge in [-0.05, 0) is 69.5 Å². The molecule has 1 heterocycles. The van der Waals surface area contributed by atoms with E-state index in [1.165, 1.54) is 11.3 Å². The molecule has 1 unspecified atom stereocenters. The minimum absolute atomic E-state index is 0.118. The summed E-state index contributed by atoms with van der Waals surface area (Å²) in [4.78, 5) is 14.9. The third kappa shape index (κ3) is 4.75. The zero-order chi connectivity index (χ0) is 19.4. The number of hydrogen-bond donors (Lipinski definition) is 1. The smallest absolute Gasteiger partial charge is 0.263 e. The first-order chi connectivity index (χ1) is 12.9. The summed E-state index contributed by atoms with van der Waals surface area (Å²) in [7, 11) is 0. The van der Waals surface area contributed by atoms with Gasteiger partial charge < -0.3 is 15.0 Å². The number of fused-ring (bicyclic) bond motifs is 1. The second kappa shape index (κ2) is 8.22. The van der Waals surface area contributed by atoms with Crippen LogP contribution in [0.5, 0.6) is 5.75 Å². The molecule has 1 amide bonds. The van der Waals surface area contributed by atoms with Crippen molar-refractivity contribution in [2.75, 3.05) is 18.0 Å². The highest BCUT2D eigenvalue weighted by atomic mass is 35.5. The Hall–Kier alpha value is -2.20. The fourth-order valence-corrected chi connectivity index (χ4v) is 3.60. The van der Waals surface area contributed by atoms with E-state index in [4.69, 9.17) is 16.3 Å². The van der Waals surface area contributed by atoms with E-state index in [2.05, 4.69) is 41.4 Å². The minimum Gasteiger partial charge on any atom is -0.478 e. The molecule has 1 aliphatic heterocycles. The van der Waals surface area contributed by atoms with Gasteiger partial charge >= 0.3 is 0 Å². The van der Waals surface area contributed by atoms with Gasteiger partial charge in [0.1, 0.15) is 5.75 Å². The molecule has 0 saturated carbocycles. The highest BCUT2D eigenvalue weighted by Gasteiger charge is 2.30. The summed E-state index contributed by atoms with van der Waals surface area (Å²) < 4.78 is 5.83. The van der Waals surface area contributed by atoms with Gasteiger partial charge in [-0.3, -0.25) is 4.79 Å². The molecule has 5 heteroatoms. The summed E-state index contributed by atoms with van der Waals surface area (Å²) in [5.74, 6) is 0.509. The normalized spacial score (nSPS) is 16.1. The van der Waals surface area contributed by atoms with Crippen molar-refractivity contribution in [3.8, 4) is 5.75 Å². The number of para-hydroxylation sites is 1. The average Bonchev–Trinajstić information content (AvgIpc) is 2.95. The predicted octanol–water partition coefficient (Wildman–Crippen LogP) is 4.45. The fraction of sp³-hybridized carbons (Fsp3) is 0.409. The van der Waals surface area contributed by atoms with Crippen molar-refractivity contribution in [1.29, 1.82) is 0 Å². The maximum absolute atomic E-state index is 12.5. The van der Waals surface area contributed by atoms with Gasteiger partial charge in [-0.15, -0.1) is 0 Å². The Balaban J connectivity index is 1.47. The molecular weight excluding hydrogens is 360 g/mol. The van der Waals surface area contributed by atoms with Gasteiger partial charge in [-0.2, -0.15) is 0 Å². The van der Waals surface area contributed by atoms with Crippen molar-refractivity contribution < 1.29 is 9.53 Å². The van der Waals surface area contributed by atoms with Crippen LogP contribution in [0, 0.1) is 0 Å². The van der Waals surface area contributed by atoms with Crippen molar-refractivity contribution in [2.45, 2.75) is 45.3 Å². The lowest BCUT2D eigenvalue weighted by Gasteiger charge is -2.27. The number of rotatable bonds is 7. The van der Waals surface area contributed by atoms with Crippen LogP contribution in [0.2, 0.25) is 5.02 Å². The van der Waals surface area contributed by atoms with Crippen LogP contribution in [0.1, 0.15) is 32.8 Å². The highest BCUT2D eigenvalue weighted by molar-refractivity contribution is 6.30. The van der Waals surface area contributed by atoms with E-state index in [1.54, 1.807) is 38.1 Å². The van der Waals surface area contributed by atoms with E-state index in [9.17, 15) is 4.79 Å². The summed E-state index contributed by atoms with van der Waals surface area (Å²) in [6.07, 6.45) is 1.98. The van der Waals surface area contributed by atoms with Crippen LogP contribution in [-0.4, -0.2) is 30.6 Å². The largest absolute Gasteiger partial charge is 0.478 e. The summed E-state index contributed by atoms with van der Waals surface area (Å²) in [6.45, 7) is 7.35. The molecule has 0 saturated heterocycles. The quantitative estimate of drug-likeness (QED) is 0.714. The van der Waals surface area contributed by atoms with Gasteiger partial charge in [0.2, 0.25) is 0 Å². The average molecular weight is 387 g/mol. The Morgan fingerprint density at radius 2 is 1.93 bits per heavy atom. The van der Waals surface area contributed by atoms with Crippen molar-refractivity contribution in [3.63, 3.8) is 0 Å². The number of nitrogens with zero attached hydrogens (tertiary/aromatic N) is 1. The van der Waals surface area contributed by atoms with Crippen LogP contribution in [0.15, 0.2) is 48.5 Å². The fourth-order valence-electron chi connectivity index (χ4n) is 3.48. The lowest BCUT2D eigenvalue weighted by atomic mass is 10.1. The Kier molecular flexibility index (Phi) is 5.95. The molecular formula is C22H27ClN2O2. The molecule has 4 nitrogen and oxygen atoms in total. The molecule has 0 aromatic heterocycles. The minimum atomic E-state index is -0.943. The van der Waals surface area contributed by atoms with Gasteiger partial charge in [-0.25, -0.2) is 0 Å². The first-order valence-electron chi connectivity index (χ1n) is 9.44. The molecule has 2 aromatic rings. The first-order valence-corrected chi connectivity index (χ1v) is 9.82. The van der Waals surface area contributed by atoms with E-state index in [1.807, 2.05) is 0 Å². The predicted molar refractivity (Wildman–Crippen MR) is 111 cm³/mol. The molecule has 1 atom stereocenters. The van der Waals surface area contributed by atoms with Crippen LogP contribution >= 0.6 is 11.6 Å². The number of carbonyl (C=O) groups excluding carboxylic acids is 1.